The zero-order valence-electron chi connectivity index (χ0n) is 11.6. The molecule has 0 unspecified atom stereocenters. The summed E-state index contributed by atoms with van der Waals surface area (Å²) >= 11 is 1.71. The number of anilines is 1. The standard InChI is InChI=1S/C16H17NO2S/c1-12(18)17-15-5-3-4-6-16(15)19-11-13-7-9-14(20-2)10-8-13/h3-10H,11H2,1-2H3,(H,17,18). The number of thioether (sulfide) groups is 1. The summed E-state index contributed by atoms with van der Waals surface area (Å²) in [5.74, 6) is 0.571. The van der Waals surface area contributed by atoms with Gasteiger partial charge in [-0.15, -0.1) is 11.8 Å². The van der Waals surface area contributed by atoms with E-state index in [1.165, 1.54) is 11.8 Å². The van der Waals surface area contributed by atoms with Crippen molar-refractivity contribution in [2.75, 3.05) is 11.6 Å². The molecular formula is C16H17NO2S. The lowest BCUT2D eigenvalue weighted by Gasteiger charge is -2.11. The number of rotatable bonds is 5. The van der Waals surface area contributed by atoms with E-state index in [1.54, 1.807) is 11.8 Å². The minimum absolute atomic E-state index is 0.106. The lowest BCUT2D eigenvalue weighted by atomic mass is 10.2. The SMILES string of the molecule is CSc1ccc(COc2ccccc2NC(C)=O)cc1. The smallest absolute Gasteiger partial charge is 0.221 e. The predicted octanol–water partition coefficient (Wildman–Crippen LogP) is 3.95. The summed E-state index contributed by atoms with van der Waals surface area (Å²) in [5.41, 5.74) is 1.79. The van der Waals surface area contributed by atoms with Gasteiger partial charge in [-0.3, -0.25) is 4.79 Å². The van der Waals surface area contributed by atoms with Crippen LogP contribution in [-0.2, 0) is 11.4 Å². The third-order valence-corrected chi connectivity index (χ3v) is 3.49. The van der Waals surface area contributed by atoms with Gasteiger partial charge in [0.05, 0.1) is 5.69 Å². The average Bonchev–Trinajstić information content (AvgIpc) is 2.46. The van der Waals surface area contributed by atoms with E-state index in [4.69, 9.17) is 4.74 Å². The molecule has 0 radical (unpaired) electrons. The van der Waals surface area contributed by atoms with E-state index in [9.17, 15) is 4.79 Å². The number of nitrogens with one attached hydrogen (secondary N) is 1. The van der Waals surface area contributed by atoms with Crippen molar-refractivity contribution < 1.29 is 9.53 Å². The molecule has 0 spiro atoms. The highest BCUT2D eigenvalue weighted by Gasteiger charge is 2.04. The molecule has 3 nitrogen and oxygen atoms in total. The fourth-order valence-electron chi connectivity index (χ4n) is 1.77. The first-order valence-corrected chi connectivity index (χ1v) is 7.54. The molecule has 2 aromatic carbocycles. The molecule has 0 saturated carbocycles. The molecule has 2 aromatic rings. The third kappa shape index (κ3) is 4.03. The summed E-state index contributed by atoms with van der Waals surface area (Å²) < 4.78 is 5.78. The van der Waals surface area contributed by atoms with Crippen molar-refractivity contribution in [1.82, 2.24) is 0 Å². The fourth-order valence-corrected chi connectivity index (χ4v) is 2.18. The molecule has 0 aliphatic carbocycles. The molecule has 4 heteroatoms. The summed E-state index contributed by atoms with van der Waals surface area (Å²) in [5, 5.41) is 2.76. The van der Waals surface area contributed by atoms with Crippen LogP contribution in [0.2, 0.25) is 0 Å². The number of hydrogen-bond donors (Lipinski definition) is 1. The van der Waals surface area contributed by atoms with Crippen molar-refractivity contribution in [1.29, 1.82) is 0 Å². The van der Waals surface area contributed by atoms with Crippen LogP contribution in [0.4, 0.5) is 5.69 Å². The lowest BCUT2D eigenvalue weighted by Crippen LogP contribution is -2.07. The van der Waals surface area contributed by atoms with Crippen LogP contribution < -0.4 is 10.1 Å². The molecule has 1 N–H and O–H groups in total. The van der Waals surface area contributed by atoms with E-state index in [2.05, 4.69) is 23.7 Å². The Hall–Kier alpha value is -1.94. The predicted molar refractivity (Wildman–Crippen MR) is 83.3 cm³/mol. The molecule has 0 saturated heterocycles. The van der Waals surface area contributed by atoms with Crippen LogP contribution in [0.15, 0.2) is 53.4 Å². The van der Waals surface area contributed by atoms with Crippen LogP contribution in [0.25, 0.3) is 0 Å². The average molecular weight is 287 g/mol. The first kappa shape index (κ1) is 14.5. The van der Waals surface area contributed by atoms with Gasteiger partial charge in [-0.05, 0) is 36.1 Å². The second-order valence-electron chi connectivity index (χ2n) is 4.31. The Morgan fingerprint density at radius 2 is 1.85 bits per heavy atom. The summed E-state index contributed by atoms with van der Waals surface area (Å²) in [6.07, 6.45) is 2.05. The molecule has 2 rings (SSSR count). The first-order chi connectivity index (χ1) is 9.69. The summed E-state index contributed by atoms with van der Waals surface area (Å²) in [7, 11) is 0. The fraction of sp³-hybridized carbons (Fsp3) is 0.188. The second-order valence-corrected chi connectivity index (χ2v) is 5.19. The van der Waals surface area contributed by atoms with Crippen molar-refractivity contribution >= 4 is 23.4 Å². The Morgan fingerprint density at radius 3 is 2.50 bits per heavy atom. The maximum Gasteiger partial charge on any atom is 0.221 e. The van der Waals surface area contributed by atoms with E-state index in [0.717, 1.165) is 5.56 Å². The molecule has 104 valence electrons. The van der Waals surface area contributed by atoms with Crippen molar-refractivity contribution in [2.24, 2.45) is 0 Å². The van der Waals surface area contributed by atoms with E-state index in [0.29, 0.717) is 18.0 Å². The Kier molecular flexibility index (Phi) is 5.07. The number of amides is 1. The van der Waals surface area contributed by atoms with E-state index >= 15 is 0 Å². The molecule has 20 heavy (non-hydrogen) atoms. The van der Waals surface area contributed by atoms with Crippen molar-refractivity contribution in [2.45, 2.75) is 18.4 Å². The Bertz CT molecular complexity index is 581. The van der Waals surface area contributed by atoms with Crippen LogP contribution >= 0.6 is 11.8 Å². The normalized spacial score (nSPS) is 10.1. The molecule has 0 aromatic heterocycles. The molecule has 0 aliphatic rings. The third-order valence-electron chi connectivity index (χ3n) is 2.75. The highest BCUT2D eigenvalue weighted by atomic mass is 32.2. The van der Waals surface area contributed by atoms with E-state index < -0.39 is 0 Å². The highest BCUT2D eigenvalue weighted by molar-refractivity contribution is 7.98. The van der Waals surface area contributed by atoms with Crippen LogP contribution in [0, 0.1) is 0 Å². The summed E-state index contributed by atoms with van der Waals surface area (Å²) in [6, 6.07) is 15.7. The minimum Gasteiger partial charge on any atom is -0.487 e. The highest BCUT2D eigenvalue weighted by Crippen LogP contribution is 2.25. The van der Waals surface area contributed by atoms with Crippen molar-refractivity contribution in [3.8, 4) is 5.75 Å². The number of carbonyl (C=O) groups is 1. The number of benzene rings is 2. The zero-order chi connectivity index (χ0) is 14.4. The quantitative estimate of drug-likeness (QED) is 0.846. The summed E-state index contributed by atoms with van der Waals surface area (Å²) in [4.78, 5) is 12.4. The molecular weight excluding hydrogens is 270 g/mol. The Labute approximate surface area is 123 Å². The first-order valence-electron chi connectivity index (χ1n) is 6.31. The van der Waals surface area contributed by atoms with Gasteiger partial charge in [-0.2, -0.15) is 0 Å². The molecule has 1 amide bonds. The zero-order valence-corrected chi connectivity index (χ0v) is 12.4. The maximum atomic E-state index is 11.1. The van der Waals surface area contributed by atoms with Crippen molar-refractivity contribution in [3.63, 3.8) is 0 Å². The maximum absolute atomic E-state index is 11.1. The van der Waals surface area contributed by atoms with Gasteiger partial charge in [0.25, 0.3) is 0 Å². The van der Waals surface area contributed by atoms with Gasteiger partial charge in [0.1, 0.15) is 12.4 Å². The van der Waals surface area contributed by atoms with Gasteiger partial charge < -0.3 is 10.1 Å². The number of ether oxygens (including phenoxy) is 1. The second kappa shape index (κ2) is 7.01. The van der Waals surface area contributed by atoms with Gasteiger partial charge in [0.15, 0.2) is 0 Å². The van der Waals surface area contributed by atoms with E-state index in [1.807, 2.05) is 36.4 Å². The number of carbonyl (C=O) groups excluding carboxylic acids is 1. The van der Waals surface area contributed by atoms with Gasteiger partial charge >= 0.3 is 0 Å². The Balaban J connectivity index is 2.04. The van der Waals surface area contributed by atoms with Crippen molar-refractivity contribution in [3.05, 3.63) is 54.1 Å². The molecule has 0 atom stereocenters. The largest absolute Gasteiger partial charge is 0.487 e. The minimum atomic E-state index is -0.106. The molecule has 0 heterocycles. The summed E-state index contributed by atoms with van der Waals surface area (Å²) in [6.45, 7) is 1.96. The number of hydrogen-bond acceptors (Lipinski definition) is 3. The van der Waals surface area contributed by atoms with Gasteiger partial charge in [0.2, 0.25) is 5.91 Å². The molecule has 0 bridgehead atoms. The topological polar surface area (TPSA) is 38.3 Å². The van der Waals surface area contributed by atoms with Crippen LogP contribution in [0.5, 0.6) is 5.75 Å². The monoisotopic (exact) mass is 287 g/mol. The van der Waals surface area contributed by atoms with Crippen LogP contribution in [-0.4, -0.2) is 12.2 Å². The lowest BCUT2D eigenvalue weighted by molar-refractivity contribution is -0.114. The van der Waals surface area contributed by atoms with E-state index in [-0.39, 0.29) is 5.91 Å². The van der Waals surface area contributed by atoms with Crippen LogP contribution in [0.1, 0.15) is 12.5 Å². The molecule has 0 fully saturated rings. The molecule has 0 aliphatic heterocycles. The van der Waals surface area contributed by atoms with Crippen LogP contribution in [0.3, 0.4) is 0 Å². The van der Waals surface area contributed by atoms with Gasteiger partial charge in [0, 0.05) is 11.8 Å². The number of para-hydroxylation sites is 2. The Morgan fingerprint density at radius 1 is 1.15 bits per heavy atom. The van der Waals surface area contributed by atoms with Gasteiger partial charge in [-0.25, -0.2) is 0 Å². The van der Waals surface area contributed by atoms with Gasteiger partial charge in [-0.1, -0.05) is 24.3 Å².